The van der Waals surface area contributed by atoms with Gasteiger partial charge >= 0.3 is 5.97 Å². The number of methoxy groups -OCH3 is 1. The van der Waals surface area contributed by atoms with Gasteiger partial charge in [-0.05, 0) is 20.3 Å². The summed E-state index contributed by atoms with van der Waals surface area (Å²) in [5.41, 5.74) is 0. The molecule has 0 spiro atoms. The normalized spacial score (nSPS) is 16.1. The van der Waals surface area contributed by atoms with Gasteiger partial charge in [0.05, 0.1) is 19.1 Å². The molecule has 0 amide bonds. The molecule has 0 radical (unpaired) electrons. The first-order chi connectivity index (χ1) is 8.49. The topological polar surface area (TPSA) is 51.2 Å². The average molecular weight is 270 g/mol. The maximum absolute atomic E-state index is 11.4. The van der Waals surface area contributed by atoms with Crippen LogP contribution in [0.15, 0.2) is 6.20 Å². The van der Waals surface area contributed by atoms with Crippen molar-refractivity contribution in [3.63, 3.8) is 0 Å². The molecule has 1 heterocycles. The molecule has 4 nitrogen and oxygen atoms in total. The highest BCUT2D eigenvalue weighted by atomic mass is 32.1. The summed E-state index contributed by atoms with van der Waals surface area (Å²) in [5.74, 6) is -0.348. The molecule has 18 heavy (non-hydrogen) atoms. The summed E-state index contributed by atoms with van der Waals surface area (Å²) in [6, 6.07) is 0.207. The molecule has 1 N–H and O–H groups in total. The largest absolute Gasteiger partial charge is 0.469 e. The average Bonchev–Trinajstić information content (AvgIpc) is 2.85. The van der Waals surface area contributed by atoms with Gasteiger partial charge in [-0.2, -0.15) is 0 Å². The van der Waals surface area contributed by atoms with E-state index >= 15 is 0 Å². The number of carbonyl (C=O) groups excluding carboxylic acids is 1. The van der Waals surface area contributed by atoms with E-state index in [2.05, 4.69) is 24.1 Å². The molecule has 5 heteroatoms. The van der Waals surface area contributed by atoms with Crippen molar-refractivity contribution in [2.75, 3.05) is 7.11 Å². The maximum Gasteiger partial charge on any atom is 0.309 e. The van der Waals surface area contributed by atoms with Crippen LogP contribution < -0.4 is 5.32 Å². The van der Waals surface area contributed by atoms with E-state index in [4.69, 9.17) is 4.74 Å². The van der Waals surface area contributed by atoms with Crippen molar-refractivity contribution < 1.29 is 9.53 Å². The van der Waals surface area contributed by atoms with Gasteiger partial charge in [0, 0.05) is 17.1 Å². The van der Waals surface area contributed by atoms with Crippen molar-refractivity contribution in [2.24, 2.45) is 5.92 Å². The number of nitrogens with zero attached hydrogens (tertiary/aromatic N) is 1. The molecule has 3 atom stereocenters. The van der Waals surface area contributed by atoms with Crippen LogP contribution in [0.5, 0.6) is 0 Å². The smallest absolute Gasteiger partial charge is 0.309 e. The summed E-state index contributed by atoms with van der Waals surface area (Å²) in [4.78, 5) is 17.1. The Kier molecular flexibility index (Phi) is 5.75. The van der Waals surface area contributed by atoms with E-state index < -0.39 is 0 Å². The molecular formula is C13H22N2O2S. The predicted molar refractivity (Wildman–Crippen MR) is 73.7 cm³/mol. The second-order valence-corrected chi connectivity index (χ2v) is 5.65. The van der Waals surface area contributed by atoms with Crippen molar-refractivity contribution in [3.8, 4) is 0 Å². The van der Waals surface area contributed by atoms with Gasteiger partial charge in [-0.3, -0.25) is 4.79 Å². The Bertz CT molecular complexity index is 392. The van der Waals surface area contributed by atoms with Gasteiger partial charge in [-0.15, -0.1) is 11.3 Å². The van der Waals surface area contributed by atoms with Crippen LogP contribution in [0.25, 0.3) is 0 Å². The second kappa shape index (κ2) is 6.85. The monoisotopic (exact) mass is 270 g/mol. The minimum atomic E-state index is -0.185. The zero-order valence-electron chi connectivity index (χ0n) is 11.7. The summed E-state index contributed by atoms with van der Waals surface area (Å²) in [6.45, 7) is 8.05. The number of rotatable bonds is 6. The molecule has 3 unspecified atom stereocenters. The predicted octanol–water partition coefficient (Wildman–Crippen LogP) is 2.55. The lowest BCUT2D eigenvalue weighted by molar-refractivity contribution is -0.145. The fourth-order valence-corrected chi connectivity index (χ4v) is 2.55. The highest BCUT2D eigenvalue weighted by Crippen LogP contribution is 2.21. The SMILES string of the molecule is CCc1cnc(C(C)NC(C)C(C)C(=O)OC)s1. The lowest BCUT2D eigenvalue weighted by Gasteiger charge is -2.22. The lowest BCUT2D eigenvalue weighted by atomic mass is 10.0. The van der Waals surface area contributed by atoms with E-state index in [0.717, 1.165) is 11.4 Å². The van der Waals surface area contributed by atoms with E-state index in [-0.39, 0.29) is 24.0 Å². The summed E-state index contributed by atoms with van der Waals surface area (Å²) in [5, 5.41) is 4.46. The number of aryl methyl sites for hydroxylation is 1. The second-order valence-electron chi connectivity index (χ2n) is 4.51. The molecule has 0 aromatic carbocycles. The number of ether oxygens (including phenoxy) is 1. The number of hydrogen-bond acceptors (Lipinski definition) is 5. The van der Waals surface area contributed by atoms with E-state index in [1.807, 2.05) is 20.0 Å². The van der Waals surface area contributed by atoms with Gasteiger partial charge in [0.25, 0.3) is 0 Å². The van der Waals surface area contributed by atoms with Crippen LogP contribution in [-0.2, 0) is 16.0 Å². The Hall–Kier alpha value is -0.940. The van der Waals surface area contributed by atoms with Crippen molar-refractivity contribution in [1.82, 2.24) is 10.3 Å². The van der Waals surface area contributed by atoms with Crippen LogP contribution in [-0.4, -0.2) is 24.1 Å². The van der Waals surface area contributed by atoms with Gasteiger partial charge in [0.15, 0.2) is 0 Å². The first kappa shape index (κ1) is 15.1. The number of aromatic nitrogens is 1. The van der Waals surface area contributed by atoms with Gasteiger partial charge in [0.1, 0.15) is 5.01 Å². The standard InChI is InChI=1S/C13H22N2O2S/c1-6-11-7-14-12(18-11)10(4)15-9(3)8(2)13(16)17-5/h7-10,15H,6H2,1-5H3. The molecule has 0 aliphatic rings. The van der Waals surface area contributed by atoms with Gasteiger partial charge < -0.3 is 10.1 Å². The molecule has 0 saturated carbocycles. The molecule has 1 aromatic heterocycles. The van der Waals surface area contributed by atoms with Crippen molar-refractivity contribution in [1.29, 1.82) is 0 Å². The zero-order valence-corrected chi connectivity index (χ0v) is 12.5. The fourth-order valence-electron chi connectivity index (χ4n) is 1.69. The van der Waals surface area contributed by atoms with Gasteiger partial charge in [-0.1, -0.05) is 13.8 Å². The Balaban J connectivity index is 2.58. The minimum Gasteiger partial charge on any atom is -0.469 e. The molecule has 102 valence electrons. The quantitative estimate of drug-likeness (QED) is 0.807. The number of carbonyl (C=O) groups is 1. The Morgan fingerprint density at radius 2 is 2.17 bits per heavy atom. The third-order valence-corrected chi connectivity index (χ3v) is 4.45. The van der Waals surface area contributed by atoms with Crippen LogP contribution in [0.4, 0.5) is 0 Å². The number of hydrogen-bond donors (Lipinski definition) is 1. The van der Waals surface area contributed by atoms with Crippen molar-refractivity contribution in [3.05, 3.63) is 16.1 Å². The lowest BCUT2D eigenvalue weighted by Crippen LogP contribution is -2.38. The van der Waals surface area contributed by atoms with Gasteiger partial charge in [-0.25, -0.2) is 4.98 Å². The van der Waals surface area contributed by atoms with Crippen molar-refractivity contribution >= 4 is 17.3 Å². The molecule has 1 aromatic rings. The molecule has 0 bridgehead atoms. The Morgan fingerprint density at radius 1 is 1.50 bits per heavy atom. The van der Waals surface area contributed by atoms with E-state index in [1.165, 1.54) is 12.0 Å². The molecular weight excluding hydrogens is 248 g/mol. The molecule has 1 rings (SSSR count). The highest BCUT2D eigenvalue weighted by Gasteiger charge is 2.23. The molecule has 0 aliphatic heterocycles. The summed E-state index contributed by atoms with van der Waals surface area (Å²) in [6.07, 6.45) is 2.94. The minimum absolute atomic E-state index is 0.0569. The number of thiazole rings is 1. The summed E-state index contributed by atoms with van der Waals surface area (Å²) >= 11 is 1.72. The molecule has 0 saturated heterocycles. The zero-order chi connectivity index (χ0) is 13.7. The van der Waals surface area contributed by atoms with Crippen LogP contribution in [0.1, 0.15) is 43.6 Å². The summed E-state index contributed by atoms with van der Waals surface area (Å²) < 4.78 is 4.75. The third-order valence-electron chi connectivity index (χ3n) is 3.13. The van der Waals surface area contributed by atoms with Crippen LogP contribution in [0.2, 0.25) is 0 Å². The van der Waals surface area contributed by atoms with Gasteiger partial charge in [0.2, 0.25) is 0 Å². The maximum atomic E-state index is 11.4. The van der Waals surface area contributed by atoms with E-state index in [0.29, 0.717) is 0 Å². The van der Waals surface area contributed by atoms with E-state index in [9.17, 15) is 4.79 Å². The first-order valence-corrected chi connectivity index (χ1v) is 7.09. The number of nitrogens with one attached hydrogen (secondary N) is 1. The fraction of sp³-hybridized carbons (Fsp3) is 0.692. The Labute approximate surface area is 113 Å². The van der Waals surface area contributed by atoms with Crippen LogP contribution in [0.3, 0.4) is 0 Å². The first-order valence-electron chi connectivity index (χ1n) is 6.28. The van der Waals surface area contributed by atoms with Crippen LogP contribution in [0, 0.1) is 5.92 Å². The Morgan fingerprint density at radius 3 is 2.67 bits per heavy atom. The third kappa shape index (κ3) is 3.78. The summed E-state index contributed by atoms with van der Waals surface area (Å²) in [7, 11) is 1.42. The van der Waals surface area contributed by atoms with Crippen LogP contribution >= 0.6 is 11.3 Å². The van der Waals surface area contributed by atoms with E-state index in [1.54, 1.807) is 11.3 Å². The van der Waals surface area contributed by atoms with Crippen molar-refractivity contribution in [2.45, 2.75) is 46.2 Å². The molecule has 0 aliphatic carbocycles. The number of esters is 1. The highest BCUT2D eigenvalue weighted by molar-refractivity contribution is 7.11. The molecule has 0 fully saturated rings.